The van der Waals surface area contributed by atoms with Gasteiger partial charge in [-0.15, -0.1) is 16.4 Å². The summed E-state index contributed by atoms with van der Waals surface area (Å²) in [4.78, 5) is 23.7. The molecule has 0 fully saturated rings. The summed E-state index contributed by atoms with van der Waals surface area (Å²) < 4.78 is 3.58. The van der Waals surface area contributed by atoms with Crippen LogP contribution in [0.15, 0.2) is 11.4 Å². The Morgan fingerprint density at radius 3 is 2.83 bits per heavy atom. The van der Waals surface area contributed by atoms with Crippen molar-refractivity contribution in [1.29, 1.82) is 0 Å². The van der Waals surface area contributed by atoms with Gasteiger partial charge in [0.25, 0.3) is 5.91 Å². The van der Waals surface area contributed by atoms with E-state index in [0.717, 1.165) is 22.8 Å². The zero-order valence-electron chi connectivity index (χ0n) is 9.34. The molecule has 0 aromatic carbocycles. The van der Waals surface area contributed by atoms with Crippen LogP contribution in [-0.4, -0.2) is 26.6 Å². The smallest absolute Gasteiger partial charge is 0.338 e. The van der Waals surface area contributed by atoms with Gasteiger partial charge in [-0.3, -0.25) is 4.79 Å². The largest absolute Gasteiger partial charge is 0.478 e. The Kier molecular flexibility index (Phi) is 3.68. The van der Waals surface area contributed by atoms with Crippen LogP contribution in [0, 0.1) is 0 Å². The zero-order chi connectivity index (χ0) is 13.1. The number of carbonyl (C=O) groups is 2. The van der Waals surface area contributed by atoms with Crippen LogP contribution in [0.25, 0.3) is 0 Å². The van der Waals surface area contributed by atoms with Gasteiger partial charge in [0.1, 0.15) is 5.00 Å². The molecule has 0 unspecified atom stereocenters. The summed E-state index contributed by atoms with van der Waals surface area (Å²) in [6.45, 7) is 1.92. The van der Waals surface area contributed by atoms with Gasteiger partial charge in [-0.2, -0.15) is 0 Å². The summed E-state index contributed by atoms with van der Waals surface area (Å²) >= 11 is 2.32. The topological polar surface area (TPSA) is 92.2 Å². The highest BCUT2D eigenvalue weighted by atomic mass is 32.1. The van der Waals surface area contributed by atoms with Crippen molar-refractivity contribution in [2.45, 2.75) is 13.3 Å². The normalized spacial score (nSPS) is 10.3. The number of carboxylic acid groups (broad SMARTS) is 1. The van der Waals surface area contributed by atoms with Crippen molar-refractivity contribution in [3.63, 3.8) is 0 Å². The Morgan fingerprint density at radius 2 is 2.28 bits per heavy atom. The summed E-state index contributed by atoms with van der Waals surface area (Å²) in [6, 6.07) is 1.57. The number of hydrogen-bond acceptors (Lipinski definition) is 6. The number of nitrogens with zero attached hydrogens (tertiary/aromatic N) is 2. The predicted molar refractivity (Wildman–Crippen MR) is 68.5 cm³/mol. The predicted octanol–water partition coefficient (Wildman–Crippen LogP) is 2.11. The molecule has 2 heterocycles. The molecular formula is C10H9N3O3S2. The standard InChI is InChI=1S/C10H9N3O3S2/c1-2-5-3-6(10(15)16)9(18-5)11-8(14)7-4-17-13-12-7/h3-4H,2H2,1H3,(H,11,14)(H,15,16). The van der Waals surface area contributed by atoms with Gasteiger partial charge in [0, 0.05) is 10.3 Å². The van der Waals surface area contributed by atoms with Crippen molar-refractivity contribution >= 4 is 39.7 Å². The van der Waals surface area contributed by atoms with Crippen molar-refractivity contribution in [1.82, 2.24) is 9.59 Å². The van der Waals surface area contributed by atoms with E-state index in [9.17, 15) is 9.59 Å². The molecule has 0 saturated heterocycles. The van der Waals surface area contributed by atoms with Crippen LogP contribution in [0.4, 0.5) is 5.00 Å². The number of nitrogens with one attached hydrogen (secondary N) is 1. The minimum Gasteiger partial charge on any atom is -0.478 e. The van der Waals surface area contributed by atoms with Crippen LogP contribution >= 0.6 is 22.9 Å². The zero-order valence-corrected chi connectivity index (χ0v) is 11.0. The summed E-state index contributed by atoms with van der Waals surface area (Å²) in [6.07, 6.45) is 0.721. The number of rotatable bonds is 4. The number of carboxylic acids is 1. The molecule has 94 valence electrons. The number of hydrogen-bond donors (Lipinski definition) is 2. The number of carbonyl (C=O) groups excluding carboxylic acids is 1. The highest BCUT2D eigenvalue weighted by Crippen LogP contribution is 2.29. The van der Waals surface area contributed by atoms with Gasteiger partial charge in [0.15, 0.2) is 5.69 Å². The minimum absolute atomic E-state index is 0.105. The summed E-state index contributed by atoms with van der Waals surface area (Å²) in [5.74, 6) is -1.51. The first-order valence-corrected chi connectivity index (χ1v) is 6.71. The lowest BCUT2D eigenvalue weighted by Crippen LogP contribution is -2.13. The maximum absolute atomic E-state index is 11.8. The van der Waals surface area contributed by atoms with Crippen molar-refractivity contribution in [3.05, 3.63) is 27.6 Å². The Bertz CT molecular complexity index is 577. The van der Waals surface area contributed by atoms with Gasteiger partial charge < -0.3 is 10.4 Å². The molecule has 6 nitrogen and oxygen atoms in total. The summed E-state index contributed by atoms with van der Waals surface area (Å²) in [5.41, 5.74) is 0.288. The number of aromatic carboxylic acids is 1. The first-order valence-electron chi connectivity index (χ1n) is 5.06. The van der Waals surface area contributed by atoms with E-state index in [-0.39, 0.29) is 11.3 Å². The molecule has 0 aliphatic carbocycles. The maximum Gasteiger partial charge on any atom is 0.338 e. The van der Waals surface area contributed by atoms with E-state index < -0.39 is 11.9 Å². The van der Waals surface area contributed by atoms with Crippen LogP contribution in [0.3, 0.4) is 0 Å². The van der Waals surface area contributed by atoms with Gasteiger partial charge in [-0.1, -0.05) is 11.4 Å². The Hall–Kier alpha value is -1.80. The van der Waals surface area contributed by atoms with E-state index in [1.54, 1.807) is 6.07 Å². The van der Waals surface area contributed by atoms with Gasteiger partial charge in [0.2, 0.25) is 0 Å². The average Bonchev–Trinajstić information content (AvgIpc) is 2.97. The lowest BCUT2D eigenvalue weighted by atomic mass is 10.2. The van der Waals surface area contributed by atoms with E-state index >= 15 is 0 Å². The van der Waals surface area contributed by atoms with Gasteiger partial charge >= 0.3 is 5.97 Å². The van der Waals surface area contributed by atoms with Gasteiger partial charge in [0.05, 0.1) is 5.56 Å². The first-order chi connectivity index (χ1) is 8.61. The fourth-order valence-corrected chi connectivity index (χ4v) is 2.72. The highest BCUT2D eigenvalue weighted by Gasteiger charge is 2.18. The molecule has 0 saturated carbocycles. The van der Waals surface area contributed by atoms with E-state index in [4.69, 9.17) is 5.11 Å². The second-order valence-electron chi connectivity index (χ2n) is 3.36. The molecule has 0 radical (unpaired) electrons. The third-order valence-electron chi connectivity index (χ3n) is 2.18. The number of thiophene rings is 1. The van der Waals surface area contributed by atoms with Gasteiger partial charge in [-0.25, -0.2) is 4.79 Å². The Balaban J connectivity index is 2.25. The Morgan fingerprint density at radius 1 is 1.50 bits per heavy atom. The molecule has 0 atom stereocenters. The third-order valence-corrected chi connectivity index (χ3v) is 3.88. The average molecular weight is 283 g/mol. The molecule has 18 heavy (non-hydrogen) atoms. The van der Waals surface area contributed by atoms with Crippen molar-refractivity contribution < 1.29 is 14.7 Å². The van der Waals surface area contributed by atoms with Crippen LogP contribution in [-0.2, 0) is 6.42 Å². The minimum atomic E-state index is -1.06. The van der Waals surface area contributed by atoms with E-state index in [2.05, 4.69) is 14.9 Å². The lowest BCUT2D eigenvalue weighted by molar-refractivity contribution is 0.0698. The molecule has 1 amide bonds. The maximum atomic E-state index is 11.8. The van der Waals surface area contributed by atoms with Crippen LogP contribution in [0.1, 0.15) is 32.6 Å². The molecule has 0 aliphatic heterocycles. The molecule has 0 bridgehead atoms. The molecule has 2 rings (SSSR count). The number of aryl methyl sites for hydroxylation is 1. The quantitative estimate of drug-likeness (QED) is 0.896. The van der Waals surface area contributed by atoms with E-state index in [0.29, 0.717) is 5.00 Å². The van der Waals surface area contributed by atoms with Crippen LogP contribution in [0.2, 0.25) is 0 Å². The monoisotopic (exact) mass is 283 g/mol. The SMILES string of the molecule is CCc1cc(C(=O)O)c(NC(=O)c2csnn2)s1. The lowest BCUT2D eigenvalue weighted by Gasteiger charge is -2.00. The first kappa shape index (κ1) is 12.7. The Labute approximate surface area is 110 Å². The second-order valence-corrected chi connectivity index (χ2v) is 5.11. The number of amides is 1. The summed E-state index contributed by atoms with van der Waals surface area (Å²) in [5, 5.41) is 17.1. The van der Waals surface area contributed by atoms with Crippen LogP contribution in [0.5, 0.6) is 0 Å². The molecule has 2 N–H and O–H groups in total. The fraction of sp³-hybridized carbons (Fsp3) is 0.200. The highest BCUT2D eigenvalue weighted by molar-refractivity contribution is 7.16. The van der Waals surface area contributed by atoms with Crippen molar-refractivity contribution in [2.75, 3.05) is 5.32 Å². The molecule has 8 heteroatoms. The molecule has 2 aromatic rings. The molecule has 0 aliphatic rings. The number of anilines is 1. The fourth-order valence-electron chi connectivity index (χ4n) is 1.30. The van der Waals surface area contributed by atoms with E-state index in [1.165, 1.54) is 16.7 Å². The summed E-state index contributed by atoms with van der Waals surface area (Å²) in [7, 11) is 0. The third kappa shape index (κ3) is 2.54. The second kappa shape index (κ2) is 5.23. The molecule has 0 spiro atoms. The van der Waals surface area contributed by atoms with Crippen molar-refractivity contribution in [2.24, 2.45) is 0 Å². The van der Waals surface area contributed by atoms with Gasteiger partial charge in [-0.05, 0) is 24.0 Å². The van der Waals surface area contributed by atoms with Crippen LogP contribution < -0.4 is 5.32 Å². The number of aromatic nitrogens is 2. The molecular weight excluding hydrogens is 274 g/mol. The van der Waals surface area contributed by atoms with E-state index in [1.807, 2.05) is 6.92 Å². The van der Waals surface area contributed by atoms with Crippen molar-refractivity contribution in [3.8, 4) is 0 Å². The molecule has 2 aromatic heterocycles.